The van der Waals surface area contributed by atoms with Gasteiger partial charge in [0.15, 0.2) is 5.82 Å². The molecule has 0 saturated carbocycles. The minimum absolute atomic E-state index is 0.707. The van der Waals surface area contributed by atoms with Gasteiger partial charge in [-0.05, 0) is 88.0 Å². The zero-order valence-corrected chi connectivity index (χ0v) is 31.8. The van der Waals surface area contributed by atoms with Gasteiger partial charge in [-0.25, -0.2) is 9.97 Å². The average molecular weight is 749 g/mol. The summed E-state index contributed by atoms with van der Waals surface area (Å²) in [6.07, 6.45) is 0. The van der Waals surface area contributed by atoms with E-state index in [1.807, 2.05) is 46.9 Å². The van der Waals surface area contributed by atoms with Crippen molar-refractivity contribution >= 4 is 63.0 Å². The number of fused-ring (bicyclic) bond motifs is 6. The number of benzene rings is 8. The van der Waals surface area contributed by atoms with Crippen LogP contribution in [0.15, 0.2) is 194 Å². The van der Waals surface area contributed by atoms with E-state index in [4.69, 9.17) is 9.97 Å². The summed E-state index contributed by atoms with van der Waals surface area (Å²) in [5.74, 6) is 0.707. The van der Waals surface area contributed by atoms with Crippen LogP contribution in [0.1, 0.15) is 0 Å². The summed E-state index contributed by atoms with van der Waals surface area (Å²) in [6, 6.07) is 69.8. The summed E-state index contributed by atoms with van der Waals surface area (Å²) in [5.41, 5.74) is 12.0. The Morgan fingerprint density at radius 1 is 0.286 bits per heavy atom. The van der Waals surface area contributed by atoms with Crippen molar-refractivity contribution in [2.45, 2.75) is 0 Å². The van der Waals surface area contributed by atoms with Gasteiger partial charge in [0.05, 0.1) is 11.4 Å². The van der Waals surface area contributed by atoms with Gasteiger partial charge in [-0.3, -0.25) is 0 Å². The summed E-state index contributed by atoms with van der Waals surface area (Å²) in [5, 5.41) is 5.20. The number of thiophene rings is 2. The first kappa shape index (κ1) is 32.7. The van der Waals surface area contributed by atoms with Crippen LogP contribution in [0.2, 0.25) is 0 Å². The Bertz CT molecular complexity index is 3190. The Kier molecular flexibility index (Phi) is 7.90. The fourth-order valence-corrected chi connectivity index (χ4v) is 10.2. The standard InChI is InChI=1S/C52H32N2S2/c1-3-13-33(14-4-1)46-32-47(54-52(53-46)34-15-5-2-6-16-34)40-29-38(28-39(30-40)41-21-12-22-44-42-19-7-10-24-49(42)56-51(41)44)36-18-11-17-35(27-36)37-25-26-50-45(31-37)43-20-8-9-23-48(43)55-50/h1-32H. The molecule has 3 heterocycles. The smallest absolute Gasteiger partial charge is 0.160 e. The van der Waals surface area contributed by atoms with E-state index >= 15 is 0 Å². The molecule has 0 amide bonds. The third kappa shape index (κ3) is 5.79. The van der Waals surface area contributed by atoms with Gasteiger partial charge in [-0.2, -0.15) is 0 Å². The van der Waals surface area contributed by atoms with Crippen LogP contribution >= 0.6 is 22.7 Å². The van der Waals surface area contributed by atoms with Gasteiger partial charge in [0, 0.05) is 57.0 Å². The van der Waals surface area contributed by atoms with Gasteiger partial charge in [0.25, 0.3) is 0 Å². The average Bonchev–Trinajstić information content (AvgIpc) is 3.85. The van der Waals surface area contributed by atoms with Crippen LogP contribution in [0.3, 0.4) is 0 Å². The molecule has 11 aromatic rings. The highest BCUT2D eigenvalue weighted by Crippen LogP contribution is 2.43. The molecule has 0 bridgehead atoms. The molecule has 0 radical (unpaired) electrons. The largest absolute Gasteiger partial charge is 0.228 e. The minimum Gasteiger partial charge on any atom is -0.228 e. The van der Waals surface area contributed by atoms with Crippen molar-refractivity contribution in [1.82, 2.24) is 9.97 Å². The molecule has 262 valence electrons. The molecule has 0 aliphatic heterocycles. The van der Waals surface area contributed by atoms with Crippen LogP contribution in [-0.2, 0) is 0 Å². The first-order valence-corrected chi connectivity index (χ1v) is 20.4. The maximum Gasteiger partial charge on any atom is 0.160 e. The number of rotatable bonds is 6. The molecule has 0 saturated heterocycles. The lowest BCUT2D eigenvalue weighted by Gasteiger charge is -2.14. The molecular weight excluding hydrogens is 717 g/mol. The molecule has 0 fully saturated rings. The summed E-state index contributed by atoms with van der Waals surface area (Å²) in [6.45, 7) is 0. The van der Waals surface area contributed by atoms with Gasteiger partial charge >= 0.3 is 0 Å². The predicted octanol–water partition coefficient (Wildman–Crippen LogP) is 15.2. The second kappa shape index (κ2) is 13.5. The summed E-state index contributed by atoms with van der Waals surface area (Å²) in [4.78, 5) is 10.4. The monoisotopic (exact) mass is 748 g/mol. The van der Waals surface area contributed by atoms with Gasteiger partial charge in [-0.1, -0.05) is 140 Å². The minimum atomic E-state index is 0.707. The first-order valence-electron chi connectivity index (χ1n) is 18.8. The van der Waals surface area contributed by atoms with Crippen LogP contribution in [-0.4, -0.2) is 9.97 Å². The molecule has 0 spiro atoms. The van der Waals surface area contributed by atoms with Gasteiger partial charge in [0.2, 0.25) is 0 Å². The van der Waals surface area contributed by atoms with E-state index in [9.17, 15) is 0 Å². The van der Waals surface area contributed by atoms with Crippen molar-refractivity contribution in [2.75, 3.05) is 0 Å². The Balaban J connectivity index is 1.12. The Morgan fingerprint density at radius 3 is 1.59 bits per heavy atom. The van der Waals surface area contributed by atoms with Gasteiger partial charge in [0.1, 0.15) is 0 Å². The highest BCUT2D eigenvalue weighted by atomic mass is 32.1. The van der Waals surface area contributed by atoms with E-state index in [0.717, 1.165) is 44.8 Å². The maximum atomic E-state index is 5.27. The summed E-state index contributed by atoms with van der Waals surface area (Å²) in [7, 11) is 0. The number of hydrogen-bond acceptors (Lipinski definition) is 4. The van der Waals surface area contributed by atoms with Crippen LogP contribution in [0.25, 0.3) is 108 Å². The molecule has 0 unspecified atom stereocenters. The molecule has 3 aromatic heterocycles. The molecular formula is C52H32N2S2. The third-order valence-electron chi connectivity index (χ3n) is 10.7. The van der Waals surface area contributed by atoms with Gasteiger partial charge < -0.3 is 0 Å². The second-order valence-corrected chi connectivity index (χ2v) is 16.3. The Hall–Kier alpha value is -6.72. The maximum absolute atomic E-state index is 5.27. The number of hydrogen-bond donors (Lipinski definition) is 0. The van der Waals surface area contributed by atoms with Crippen LogP contribution in [0, 0.1) is 0 Å². The van der Waals surface area contributed by atoms with E-state index < -0.39 is 0 Å². The second-order valence-electron chi connectivity index (χ2n) is 14.2. The summed E-state index contributed by atoms with van der Waals surface area (Å²) >= 11 is 3.72. The molecule has 11 rings (SSSR count). The Morgan fingerprint density at radius 2 is 0.804 bits per heavy atom. The molecule has 8 aromatic carbocycles. The quantitative estimate of drug-likeness (QED) is 0.169. The molecule has 2 nitrogen and oxygen atoms in total. The lowest BCUT2D eigenvalue weighted by atomic mass is 9.92. The van der Waals surface area contributed by atoms with Crippen molar-refractivity contribution in [3.63, 3.8) is 0 Å². The fraction of sp³-hybridized carbons (Fsp3) is 0. The van der Waals surface area contributed by atoms with Crippen molar-refractivity contribution in [2.24, 2.45) is 0 Å². The molecule has 0 aliphatic carbocycles. The molecule has 0 aliphatic rings. The zero-order chi connectivity index (χ0) is 37.0. The van der Waals surface area contributed by atoms with E-state index in [1.54, 1.807) is 0 Å². The fourth-order valence-electron chi connectivity index (χ4n) is 7.92. The number of aromatic nitrogens is 2. The van der Waals surface area contributed by atoms with Crippen molar-refractivity contribution in [3.05, 3.63) is 194 Å². The van der Waals surface area contributed by atoms with Gasteiger partial charge in [-0.15, -0.1) is 22.7 Å². The molecule has 0 N–H and O–H groups in total. The van der Waals surface area contributed by atoms with E-state index in [2.05, 4.69) is 170 Å². The normalized spacial score (nSPS) is 11.6. The van der Waals surface area contributed by atoms with E-state index in [1.165, 1.54) is 57.0 Å². The van der Waals surface area contributed by atoms with Crippen LogP contribution in [0.5, 0.6) is 0 Å². The lowest BCUT2D eigenvalue weighted by molar-refractivity contribution is 1.18. The Labute approximate surface area is 332 Å². The first-order chi connectivity index (χ1) is 27.7. The molecule has 56 heavy (non-hydrogen) atoms. The van der Waals surface area contributed by atoms with E-state index in [0.29, 0.717) is 5.82 Å². The highest BCUT2D eigenvalue weighted by molar-refractivity contribution is 7.26. The zero-order valence-electron chi connectivity index (χ0n) is 30.2. The predicted molar refractivity (Wildman–Crippen MR) is 240 cm³/mol. The summed E-state index contributed by atoms with van der Waals surface area (Å²) < 4.78 is 5.22. The van der Waals surface area contributed by atoms with Crippen molar-refractivity contribution in [1.29, 1.82) is 0 Å². The molecule has 0 atom stereocenters. The van der Waals surface area contributed by atoms with Crippen LogP contribution in [0.4, 0.5) is 0 Å². The third-order valence-corrected chi connectivity index (χ3v) is 13.0. The topological polar surface area (TPSA) is 25.8 Å². The van der Waals surface area contributed by atoms with Crippen molar-refractivity contribution < 1.29 is 0 Å². The lowest BCUT2D eigenvalue weighted by Crippen LogP contribution is -1.96. The van der Waals surface area contributed by atoms with Crippen molar-refractivity contribution in [3.8, 4) is 67.3 Å². The highest BCUT2D eigenvalue weighted by Gasteiger charge is 2.17. The van der Waals surface area contributed by atoms with E-state index in [-0.39, 0.29) is 0 Å². The van der Waals surface area contributed by atoms with Crippen LogP contribution < -0.4 is 0 Å². The SMILES string of the molecule is c1ccc(-c2cc(-c3cc(-c4cccc(-c5ccc6sc7ccccc7c6c5)c4)cc(-c4cccc5c4sc4ccccc45)c3)nc(-c3ccccc3)n2)cc1. The molecule has 4 heteroatoms. The number of nitrogens with zero attached hydrogens (tertiary/aromatic N) is 2.